The van der Waals surface area contributed by atoms with Gasteiger partial charge in [0.2, 0.25) is 0 Å². The Labute approximate surface area is 127 Å². The summed E-state index contributed by atoms with van der Waals surface area (Å²) in [5.41, 5.74) is 1.34. The molecule has 1 atom stereocenters. The van der Waals surface area contributed by atoms with Crippen molar-refractivity contribution in [2.24, 2.45) is 0 Å². The lowest BCUT2D eigenvalue weighted by Crippen LogP contribution is -2.55. The third-order valence-corrected chi connectivity index (χ3v) is 4.68. The molecule has 0 aliphatic carbocycles. The Bertz CT molecular complexity index is 410. The number of nitrogens with one attached hydrogen (secondary N) is 1. The van der Waals surface area contributed by atoms with Crippen molar-refractivity contribution in [1.82, 2.24) is 25.0 Å². The van der Waals surface area contributed by atoms with Gasteiger partial charge in [0.1, 0.15) is 0 Å². The second-order valence-electron chi connectivity index (χ2n) is 5.92. The molecule has 1 aromatic heterocycles. The summed E-state index contributed by atoms with van der Waals surface area (Å²) in [6.07, 6.45) is 4.30. The summed E-state index contributed by atoms with van der Waals surface area (Å²) < 4.78 is 0. The maximum absolute atomic E-state index is 4.35. The van der Waals surface area contributed by atoms with E-state index in [1.165, 1.54) is 25.2 Å². The average molecular weight is 289 g/mol. The number of nitrogens with zero attached hydrogens (tertiary/aromatic N) is 4. The van der Waals surface area contributed by atoms with Gasteiger partial charge >= 0.3 is 0 Å². The molecule has 0 saturated carbocycles. The predicted octanol–water partition coefficient (Wildman–Crippen LogP) is 0.623. The summed E-state index contributed by atoms with van der Waals surface area (Å²) in [6.45, 7) is 12.5. The highest BCUT2D eigenvalue weighted by Crippen LogP contribution is 2.26. The van der Waals surface area contributed by atoms with E-state index in [4.69, 9.17) is 0 Å². The van der Waals surface area contributed by atoms with Gasteiger partial charge in [-0.25, -0.2) is 0 Å². The van der Waals surface area contributed by atoms with Gasteiger partial charge in [0.25, 0.3) is 0 Å². The van der Waals surface area contributed by atoms with E-state index in [2.05, 4.69) is 44.1 Å². The molecule has 0 radical (unpaired) electrons. The minimum atomic E-state index is 0.389. The standard InChI is InChI=1S/C16H27N5/c1-2-19-10-12-21(13-11-19)16(15-4-3-5-18-14-15)20-8-6-17-7-9-20/h3-5,14,16-17H,2,6-13H2,1H3. The summed E-state index contributed by atoms with van der Waals surface area (Å²) in [5, 5.41) is 3.46. The van der Waals surface area contributed by atoms with Gasteiger partial charge < -0.3 is 10.2 Å². The Hall–Kier alpha value is -1.01. The fourth-order valence-electron chi connectivity index (χ4n) is 3.43. The van der Waals surface area contributed by atoms with E-state index in [-0.39, 0.29) is 0 Å². The molecular weight excluding hydrogens is 262 g/mol. The zero-order chi connectivity index (χ0) is 14.5. The van der Waals surface area contributed by atoms with Crippen molar-refractivity contribution in [3.8, 4) is 0 Å². The SMILES string of the molecule is CCN1CCN(C(c2cccnc2)N2CCNCC2)CC1. The van der Waals surface area contributed by atoms with Crippen LogP contribution in [0, 0.1) is 0 Å². The van der Waals surface area contributed by atoms with E-state index < -0.39 is 0 Å². The predicted molar refractivity (Wildman–Crippen MR) is 85.1 cm³/mol. The van der Waals surface area contributed by atoms with Crippen LogP contribution in [0.5, 0.6) is 0 Å². The first-order valence-electron chi connectivity index (χ1n) is 8.19. The van der Waals surface area contributed by atoms with Gasteiger partial charge in [-0.1, -0.05) is 13.0 Å². The molecule has 2 fully saturated rings. The maximum Gasteiger partial charge on any atom is 0.0903 e. The smallest absolute Gasteiger partial charge is 0.0903 e. The third kappa shape index (κ3) is 3.61. The molecule has 0 spiro atoms. The van der Waals surface area contributed by atoms with E-state index in [1.54, 1.807) is 0 Å². The Morgan fingerprint density at radius 2 is 1.81 bits per heavy atom. The number of pyridine rings is 1. The number of rotatable bonds is 4. The molecule has 2 aliphatic rings. The lowest BCUT2D eigenvalue weighted by Gasteiger charge is -2.45. The molecule has 116 valence electrons. The van der Waals surface area contributed by atoms with E-state index in [1.807, 2.05) is 12.4 Å². The van der Waals surface area contributed by atoms with Crippen LogP contribution in [-0.2, 0) is 0 Å². The molecule has 1 aromatic rings. The van der Waals surface area contributed by atoms with E-state index in [0.717, 1.165) is 39.3 Å². The Morgan fingerprint density at radius 1 is 1.10 bits per heavy atom. The summed E-state index contributed by atoms with van der Waals surface area (Å²) in [5.74, 6) is 0. The lowest BCUT2D eigenvalue weighted by molar-refractivity contribution is 0.000767. The molecule has 21 heavy (non-hydrogen) atoms. The molecule has 1 N–H and O–H groups in total. The first-order chi connectivity index (χ1) is 10.4. The summed E-state index contributed by atoms with van der Waals surface area (Å²) in [4.78, 5) is 12.1. The van der Waals surface area contributed by atoms with E-state index in [9.17, 15) is 0 Å². The maximum atomic E-state index is 4.35. The monoisotopic (exact) mass is 289 g/mol. The first kappa shape index (κ1) is 14.9. The highest BCUT2D eigenvalue weighted by Gasteiger charge is 2.30. The highest BCUT2D eigenvalue weighted by atomic mass is 15.4. The second kappa shape index (κ2) is 7.31. The van der Waals surface area contributed by atoms with Crippen LogP contribution in [0.4, 0.5) is 0 Å². The Kier molecular flexibility index (Phi) is 5.19. The van der Waals surface area contributed by atoms with Crippen molar-refractivity contribution in [3.05, 3.63) is 30.1 Å². The quantitative estimate of drug-likeness (QED) is 0.879. The molecule has 0 amide bonds. The van der Waals surface area contributed by atoms with Gasteiger partial charge in [0.05, 0.1) is 6.17 Å². The molecule has 2 saturated heterocycles. The van der Waals surface area contributed by atoms with Crippen LogP contribution in [0.15, 0.2) is 24.5 Å². The van der Waals surface area contributed by atoms with Gasteiger partial charge in [-0.05, 0) is 12.6 Å². The van der Waals surface area contributed by atoms with Crippen LogP contribution in [0.25, 0.3) is 0 Å². The van der Waals surface area contributed by atoms with Crippen LogP contribution in [-0.4, -0.2) is 78.6 Å². The number of piperazine rings is 2. The normalized spacial score (nSPS) is 24.0. The third-order valence-electron chi connectivity index (χ3n) is 4.68. The lowest BCUT2D eigenvalue weighted by atomic mass is 10.1. The number of hydrogen-bond acceptors (Lipinski definition) is 5. The fraction of sp³-hybridized carbons (Fsp3) is 0.688. The van der Waals surface area contributed by atoms with Crippen molar-refractivity contribution in [1.29, 1.82) is 0 Å². The van der Waals surface area contributed by atoms with Gasteiger partial charge in [0, 0.05) is 70.3 Å². The van der Waals surface area contributed by atoms with Crippen molar-refractivity contribution >= 4 is 0 Å². The Morgan fingerprint density at radius 3 is 2.43 bits per heavy atom. The fourth-order valence-corrected chi connectivity index (χ4v) is 3.43. The molecule has 1 unspecified atom stereocenters. The second-order valence-corrected chi connectivity index (χ2v) is 5.92. The molecule has 2 aliphatic heterocycles. The summed E-state index contributed by atoms with van der Waals surface area (Å²) in [7, 11) is 0. The largest absolute Gasteiger partial charge is 0.314 e. The van der Waals surface area contributed by atoms with E-state index >= 15 is 0 Å². The first-order valence-corrected chi connectivity index (χ1v) is 8.19. The Balaban J connectivity index is 1.76. The minimum absolute atomic E-state index is 0.389. The van der Waals surface area contributed by atoms with Crippen LogP contribution >= 0.6 is 0 Å². The van der Waals surface area contributed by atoms with Crippen molar-refractivity contribution < 1.29 is 0 Å². The van der Waals surface area contributed by atoms with Crippen molar-refractivity contribution in [3.63, 3.8) is 0 Å². The summed E-state index contributed by atoms with van der Waals surface area (Å²) >= 11 is 0. The summed E-state index contributed by atoms with van der Waals surface area (Å²) in [6, 6.07) is 4.29. The topological polar surface area (TPSA) is 34.6 Å². The van der Waals surface area contributed by atoms with E-state index in [0.29, 0.717) is 6.17 Å². The van der Waals surface area contributed by atoms with Crippen LogP contribution < -0.4 is 5.32 Å². The molecule has 3 heterocycles. The van der Waals surface area contributed by atoms with Gasteiger partial charge in [-0.2, -0.15) is 0 Å². The molecule has 5 nitrogen and oxygen atoms in total. The number of hydrogen-bond donors (Lipinski definition) is 1. The van der Waals surface area contributed by atoms with Gasteiger partial charge in [-0.3, -0.25) is 14.8 Å². The zero-order valence-electron chi connectivity index (χ0n) is 13.0. The zero-order valence-corrected chi connectivity index (χ0v) is 13.0. The molecular formula is C16H27N5. The molecule has 0 aromatic carbocycles. The van der Waals surface area contributed by atoms with Crippen molar-refractivity contribution in [2.45, 2.75) is 13.1 Å². The number of aromatic nitrogens is 1. The molecule has 0 bridgehead atoms. The highest BCUT2D eigenvalue weighted by molar-refractivity contribution is 5.14. The van der Waals surface area contributed by atoms with Gasteiger partial charge in [-0.15, -0.1) is 0 Å². The van der Waals surface area contributed by atoms with Crippen LogP contribution in [0.1, 0.15) is 18.7 Å². The van der Waals surface area contributed by atoms with Crippen LogP contribution in [0.2, 0.25) is 0 Å². The minimum Gasteiger partial charge on any atom is -0.314 e. The molecule has 3 rings (SSSR count). The van der Waals surface area contributed by atoms with Crippen LogP contribution in [0.3, 0.4) is 0 Å². The molecule has 5 heteroatoms. The average Bonchev–Trinajstić information content (AvgIpc) is 2.58. The van der Waals surface area contributed by atoms with Gasteiger partial charge in [0.15, 0.2) is 0 Å². The number of likely N-dealkylation sites (N-methyl/N-ethyl adjacent to an activating group) is 1. The van der Waals surface area contributed by atoms with Crippen molar-refractivity contribution in [2.75, 3.05) is 58.9 Å².